The maximum absolute atomic E-state index is 13.1. The lowest BCUT2D eigenvalue weighted by atomic mass is 9.99. The molecule has 0 amide bonds. The van der Waals surface area contributed by atoms with Gasteiger partial charge >= 0.3 is 5.69 Å². The molecule has 6 heteroatoms. The molecule has 6 nitrogen and oxygen atoms in total. The summed E-state index contributed by atoms with van der Waals surface area (Å²) in [6, 6.07) is 12.3. The number of aromatic nitrogens is 2. The van der Waals surface area contributed by atoms with E-state index in [0.29, 0.717) is 6.67 Å². The van der Waals surface area contributed by atoms with E-state index in [9.17, 15) is 4.79 Å². The summed E-state index contributed by atoms with van der Waals surface area (Å²) in [6.07, 6.45) is 1.91. The van der Waals surface area contributed by atoms with E-state index in [4.69, 9.17) is 9.47 Å². The minimum absolute atomic E-state index is 0.0914. The van der Waals surface area contributed by atoms with E-state index in [2.05, 4.69) is 19.1 Å². The molecular formula is C22H28N3O3+. The number of nitrogens with zero attached hydrogens (tertiary/aromatic N) is 2. The van der Waals surface area contributed by atoms with Crippen LogP contribution in [0.1, 0.15) is 24.5 Å². The molecule has 3 aromatic rings. The smallest absolute Gasteiger partial charge is 0.333 e. The minimum atomic E-state index is 0.0914. The highest BCUT2D eigenvalue weighted by Gasteiger charge is 2.24. The molecule has 1 atom stereocenters. The molecule has 28 heavy (non-hydrogen) atoms. The van der Waals surface area contributed by atoms with Crippen LogP contribution in [0.4, 0.5) is 0 Å². The Morgan fingerprint density at radius 3 is 2.29 bits per heavy atom. The quantitative estimate of drug-likeness (QED) is 0.708. The number of quaternary nitrogens is 1. The van der Waals surface area contributed by atoms with Crippen molar-refractivity contribution in [3.8, 4) is 11.5 Å². The van der Waals surface area contributed by atoms with Crippen molar-refractivity contribution in [2.45, 2.75) is 39.5 Å². The molecule has 0 radical (unpaired) electrons. The van der Waals surface area contributed by atoms with Crippen LogP contribution in [0.25, 0.3) is 11.0 Å². The van der Waals surface area contributed by atoms with Gasteiger partial charge in [-0.2, -0.15) is 0 Å². The molecule has 4 rings (SSSR count). The maximum Gasteiger partial charge on any atom is 0.333 e. The molecule has 1 N–H and O–H groups in total. The number of aryl methyl sites for hydroxylation is 1. The molecule has 0 fully saturated rings. The molecule has 0 spiro atoms. The first-order valence-corrected chi connectivity index (χ1v) is 9.91. The number of benzene rings is 2. The zero-order chi connectivity index (χ0) is 19.7. The number of hydrogen-bond acceptors (Lipinski definition) is 3. The van der Waals surface area contributed by atoms with Gasteiger partial charge in [0.2, 0.25) is 0 Å². The van der Waals surface area contributed by atoms with Crippen LogP contribution in [0.2, 0.25) is 0 Å². The van der Waals surface area contributed by atoms with Gasteiger partial charge in [-0.15, -0.1) is 0 Å². The van der Waals surface area contributed by atoms with E-state index in [1.54, 1.807) is 14.2 Å². The fourth-order valence-electron chi connectivity index (χ4n) is 4.25. The zero-order valence-corrected chi connectivity index (χ0v) is 16.8. The van der Waals surface area contributed by atoms with Gasteiger partial charge in [-0.3, -0.25) is 4.57 Å². The summed E-state index contributed by atoms with van der Waals surface area (Å²) >= 11 is 0. The van der Waals surface area contributed by atoms with Gasteiger partial charge in [-0.1, -0.05) is 19.1 Å². The molecule has 148 valence electrons. The third-order valence-electron chi connectivity index (χ3n) is 5.65. The van der Waals surface area contributed by atoms with Gasteiger partial charge in [0.1, 0.15) is 6.54 Å². The predicted octanol–water partition coefficient (Wildman–Crippen LogP) is 1.83. The number of imidazole rings is 1. The van der Waals surface area contributed by atoms with Crippen LogP contribution < -0.4 is 20.1 Å². The summed E-state index contributed by atoms with van der Waals surface area (Å²) < 4.78 is 14.7. The van der Waals surface area contributed by atoms with Crippen LogP contribution in [0.5, 0.6) is 11.5 Å². The maximum atomic E-state index is 13.1. The number of fused-ring (bicyclic) bond motifs is 2. The lowest BCUT2D eigenvalue weighted by molar-refractivity contribution is -0.938. The largest absolute Gasteiger partial charge is 0.493 e. The molecule has 1 aromatic heterocycles. The van der Waals surface area contributed by atoms with Crippen LogP contribution in [-0.2, 0) is 26.2 Å². The highest BCUT2D eigenvalue weighted by molar-refractivity contribution is 5.75. The molecule has 0 aliphatic carbocycles. The van der Waals surface area contributed by atoms with E-state index in [1.165, 1.54) is 16.0 Å². The highest BCUT2D eigenvalue weighted by atomic mass is 16.5. The van der Waals surface area contributed by atoms with Crippen molar-refractivity contribution in [1.29, 1.82) is 0 Å². The highest BCUT2D eigenvalue weighted by Crippen LogP contribution is 2.31. The molecule has 1 aliphatic heterocycles. The number of rotatable bonds is 6. The van der Waals surface area contributed by atoms with Gasteiger partial charge in [0.15, 0.2) is 18.2 Å². The Kier molecular flexibility index (Phi) is 5.13. The van der Waals surface area contributed by atoms with Gasteiger partial charge in [0.05, 0.1) is 31.8 Å². The molecule has 0 bridgehead atoms. The zero-order valence-electron chi connectivity index (χ0n) is 16.8. The predicted molar refractivity (Wildman–Crippen MR) is 109 cm³/mol. The van der Waals surface area contributed by atoms with Gasteiger partial charge < -0.3 is 14.4 Å². The standard InChI is InChI=1S/C22H27N3O3/c1-4-10-24-18-7-5-6-8-19(18)25(22(24)26)15-23-11-9-16-12-20(27-2)21(28-3)13-17(16)14-23/h5-8,12-13H,4,9-11,14-15H2,1-3H3/p+1. The van der Waals surface area contributed by atoms with Crippen LogP contribution in [0, 0.1) is 0 Å². The molecule has 0 saturated heterocycles. The van der Waals surface area contributed by atoms with Crippen molar-refractivity contribution >= 4 is 11.0 Å². The first kappa shape index (κ1) is 18.6. The van der Waals surface area contributed by atoms with Gasteiger partial charge in [0, 0.05) is 18.5 Å². The summed E-state index contributed by atoms with van der Waals surface area (Å²) in [4.78, 5) is 14.4. The Labute approximate surface area is 164 Å². The van der Waals surface area contributed by atoms with Crippen LogP contribution in [0.15, 0.2) is 41.2 Å². The van der Waals surface area contributed by atoms with Gasteiger partial charge in [-0.25, -0.2) is 9.36 Å². The van der Waals surface area contributed by atoms with E-state index in [1.807, 2.05) is 33.4 Å². The van der Waals surface area contributed by atoms with Gasteiger partial charge in [-0.05, 0) is 36.2 Å². The number of ether oxygens (including phenoxy) is 2. The van der Waals surface area contributed by atoms with Crippen molar-refractivity contribution in [2.24, 2.45) is 0 Å². The summed E-state index contributed by atoms with van der Waals surface area (Å²) in [7, 11) is 3.34. The lowest BCUT2D eigenvalue weighted by Crippen LogP contribution is -3.11. The second-order valence-electron chi connectivity index (χ2n) is 7.41. The Balaban J connectivity index is 1.65. The fraction of sp³-hybridized carbons (Fsp3) is 0.409. The van der Waals surface area contributed by atoms with Gasteiger partial charge in [0.25, 0.3) is 0 Å². The summed E-state index contributed by atoms with van der Waals surface area (Å²) in [5.74, 6) is 1.54. The molecule has 2 aromatic carbocycles. The van der Waals surface area contributed by atoms with E-state index in [-0.39, 0.29) is 5.69 Å². The van der Waals surface area contributed by atoms with Crippen LogP contribution >= 0.6 is 0 Å². The minimum Gasteiger partial charge on any atom is -0.493 e. The van der Waals surface area contributed by atoms with E-state index in [0.717, 1.165) is 55.0 Å². The lowest BCUT2D eigenvalue weighted by Gasteiger charge is -2.27. The summed E-state index contributed by atoms with van der Waals surface area (Å²) in [5.41, 5.74) is 4.71. The van der Waals surface area contributed by atoms with Crippen molar-refractivity contribution in [3.63, 3.8) is 0 Å². The average Bonchev–Trinajstić information content (AvgIpc) is 2.99. The van der Waals surface area contributed by atoms with Crippen molar-refractivity contribution in [1.82, 2.24) is 9.13 Å². The Morgan fingerprint density at radius 1 is 1.00 bits per heavy atom. The van der Waals surface area contributed by atoms with Crippen molar-refractivity contribution in [3.05, 3.63) is 58.0 Å². The third kappa shape index (κ3) is 3.18. The van der Waals surface area contributed by atoms with Crippen LogP contribution in [0.3, 0.4) is 0 Å². The Morgan fingerprint density at radius 2 is 1.64 bits per heavy atom. The number of nitrogens with one attached hydrogen (secondary N) is 1. The second-order valence-corrected chi connectivity index (χ2v) is 7.41. The van der Waals surface area contributed by atoms with Crippen molar-refractivity contribution in [2.75, 3.05) is 20.8 Å². The normalized spacial score (nSPS) is 16.2. The Bertz CT molecular complexity index is 1050. The van der Waals surface area contributed by atoms with Crippen molar-refractivity contribution < 1.29 is 14.4 Å². The Hall–Kier alpha value is -2.73. The van der Waals surface area contributed by atoms with E-state index >= 15 is 0 Å². The fourth-order valence-corrected chi connectivity index (χ4v) is 4.25. The first-order valence-electron chi connectivity index (χ1n) is 9.91. The number of hydrogen-bond donors (Lipinski definition) is 1. The number of methoxy groups -OCH3 is 2. The topological polar surface area (TPSA) is 49.8 Å². The molecule has 1 unspecified atom stereocenters. The SMILES string of the molecule is CCCn1c(=O)n(C[NH+]2CCc3cc(OC)c(OC)cc3C2)c2ccccc21. The average molecular weight is 382 g/mol. The third-order valence-corrected chi connectivity index (χ3v) is 5.65. The summed E-state index contributed by atoms with van der Waals surface area (Å²) in [5, 5.41) is 0. The molecule has 2 heterocycles. The second kappa shape index (κ2) is 7.72. The molecule has 0 saturated carbocycles. The number of para-hydroxylation sites is 2. The van der Waals surface area contributed by atoms with Crippen LogP contribution in [-0.4, -0.2) is 29.9 Å². The van der Waals surface area contributed by atoms with E-state index < -0.39 is 0 Å². The molecular weight excluding hydrogens is 354 g/mol. The first-order chi connectivity index (χ1) is 13.7. The monoisotopic (exact) mass is 382 g/mol. The summed E-state index contributed by atoms with van der Waals surface area (Å²) in [6.45, 7) is 5.38. The molecule has 1 aliphatic rings.